The number of carbonyl (C=O) groups is 1. The number of furan rings is 1. The number of ether oxygens (including phenoxy) is 1. The highest BCUT2D eigenvalue weighted by Crippen LogP contribution is 2.44. The van der Waals surface area contributed by atoms with Crippen LogP contribution in [0.1, 0.15) is 50.1 Å². The van der Waals surface area contributed by atoms with Gasteiger partial charge in [-0.3, -0.25) is 9.36 Å². The summed E-state index contributed by atoms with van der Waals surface area (Å²) in [7, 11) is 1.61. The molecule has 0 fully saturated rings. The molecule has 198 valence electrons. The van der Waals surface area contributed by atoms with E-state index in [2.05, 4.69) is 42.4 Å². The number of thiophene rings is 1. The number of fused-ring (bicyclic) bond motifs is 2. The average molecular weight is 550 g/mol. The van der Waals surface area contributed by atoms with Crippen LogP contribution >= 0.6 is 23.1 Å². The molecule has 1 N–H and O–H groups in total. The number of nitriles is 1. The van der Waals surface area contributed by atoms with Crippen molar-refractivity contribution in [3.63, 3.8) is 0 Å². The zero-order chi connectivity index (χ0) is 27.0. The number of nitrogens with zero attached hydrogens (tertiary/aromatic N) is 4. The Bertz CT molecular complexity index is 1540. The number of benzene rings is 1. The Morgan fingerprint density at radius 2 is 2.18 bits per heavy atom. The monoisotopic (exact) mass is 549 g/mol. The zero-order valence-electron chi connectivity index (χ0n) is 22.3. The van der Waals surface area contributed by atoms with Gasteiger partial charge >= 0.3 is 0 Å². The minimum Gasteiger partial charge on any atom is -0.493 e. The Morgan fingerprint density at radius 1 is 1.37 bits per heavy atom. The first-order valence-corrected chi connectivity index (χ1v) is 14.5. The Balaban J connectivity index is 1.30. The van der Waals surface area contributed by atoms with Gasteiger partial charge in [-0.05, 0) is 55.2 Å². The van der Waals surface area contributed by atoms with Crippen LogP contribution in [-0.4, -0.2) is 33.5 Å². The molecule has 4 aromatic rings. The SMILES string of the molecule is CCn1c(SCC(=O)Nc2sc3c(c2C#N)CC[C@@H](C(C)(C)C)C3)nnc1-c1cc2cccc(OC)c2o1. The first-order valence-electron chi connectivity index (χ1n) is 12.7. The molecule has 0 unspecified atom stereocenters. The van der Waals surface area contributed by atoms with E-state index < -0.39 is 0 Å². The average Bonchev–Trinajstić information content (AvgIpc) is 3.59. The molecule has 1 amide bonds. The lowest BCUT2D eigenvalue weighted by molar-refractivity contribution is -0.113. The van der Waals surface area contributed by atoms with Gasteiger partial charge in [-0.2, -0.15) is 5.26 Å². The number of aromatic nitrogens is 3. The molecule has 1 aromatic carbocycles. The van der Waals surface area contributed by atoms with Crippen LogP contribution in [0.25, 0.3) is 22.6 Å². The third-order valence-corrected chi connectivity index (χ3v) is 9.31. The number of carbonyl (C=O) groups excluding carboxylic acids is 1. The fraction of sp³-hybridized carbons (Fsp3) is 0.429. The third-order valence-electron chi connectivity index (χ3n) is 7.17. The summed E-state index contributed by atoms with van der Waals surface area (Å²) in [5.41, 5.74) is 2.61. The third kappa shape index (κ3) is 4.93. The van der Waals surface area contributed by atoms with Crippen LogP contribution < -0.4 is 10.1 Å². The number of amides is 1. The van der Waals surface area contributed by atoms with E-state index >= 15 is 0 Å². The molecule has 0 saturated heterocycles. The smallest absolute Gasteiger partial charge is 0.235 e. The molecule has 0 saturated carbocycles. The van der Waals surface area contributed by atoms with E-state index in [-0.39, 0.29) is 17.1 Å². The van der Waals surface area contributed by atoms with Gasteiger partial charge in [0, 0.05) is 16.8 Å². The molecular formula is C28H31N5O3S2. The Hall–Kier alpha value is -3.29. The molecule has 3 heterocycles. The van der Waals surface area contributed by atoms with E-state index in [1.54, 1.807) is 18.4 Å². The second-order valence-electron chi connectivity index (χ2n) is 10.5. The molecular weight excluding hydrogens is 518 g/mol. The Labute approximate surface area is 230 Å². The van der Waals surface area contributed by atoms with Gasteiger partial charge in [-0.25, -0.2) is 0 Å². The van der Waals surface area contributed by atoms with E-state index in [4.69, 9.17) is 9.15 Å². The van der Waals surface area contributed by atoms with E-state index in [1.807, 2.05) is 35.8 Å². The lowest BCUT2D eigenvalue weighted by atomic mass is 9.72. The van der Waals surface area contributed by atoms with Crippen molar-refractivity contribution in [2.45, 2.75) is 58.7 Å². The van der Waals surface area contributed by atoms with Gasteiger partial charge in [0.1, 0.15) is 11.1 Å². The van der Waals surface area contributed by atoms with Gasteiger partial charge in [0.2, 0.25) is 11.7 Å². The highest BCUT2D eigenvalue weighted by molar-refractivity contribution is 7.99. The maximum atomic E-state index is 12.9. The van der Waals surface area contributed by atoms with Crippen molar-refractivity contribution >= 4 is 45.0 Å². The highest BCUT2D eigenvalue weighted by atomic mass is 32.2. The minimum absolute atomic E-state index is 0.157. The fourth-order valence-corrected chi connectivity index (χ4v) is 7.09. The second kappa shape index (κ2) is 10.5. The number of methoxy groups -OCH3 is 1. The maximum absolute atomic E-state index is 12.9. The first-order chi connectivity index (χ1) is 18.2. The van der Waals surface area contributed by atoms with Crippen molar-refractivity contribution in [2.24, 2.45) is 11.3 Å². The van der Waals surface area contributed by atoms with E-state index in [1.165, 1.54) is 16.6 Å². The number of anilines is 1. The van der Waals surface area contributed by atoms with Gasteiger partial charge in [0.05, 0.1) is 18.4 Å². The van der Waals surface area contributed by atoms with E-state index in [9.17, 15) is 10.1 Å². The summed E-state index contributed by atoms with van der Waals surface area (Å²) >= 11 is 2.86. The number of hydrogen-bond acceptors (Lipinski definition) is 8. The molecule has 10 heteroatoms. The minimum atomic E-state index is -0.168. The van der Waals surface area contributed by atoms with Crippen LogP contribution in [0.15, 0.2) is 33.8 Å². The van der Waals surface area contributed by atoms with E-state index in [0.717, 1.165) is 30.2 Å². The van der Waals surface area contributed by atoms with Crippen molar-refractivity contribution in [3.05, 3.63) is 40.3 Å². The molecule has 0 spiro atoms. The number of nitrogens with one attached hydrogen (secondary N) is 1. The standard InChI is InChI=1S/C28H31N5O3S2/c1-6-33-25(21-12-16-8-7-9-20(35-5)24(16)36-21)31-32-27(33)37-15-23(34)30-26-19(14-29)18-11-10-17(28(2,3)4)13-22(18)38-26/h7-9,12,17H,6,10-11,13,15H2,1-5H3,(H,30,34)/t17-/m1/s1. The van der Waals surface area contributed by atoms with Crippen molar-refractivity contribution in [3.8, 4) is 23.4 Å². The van der Waals surface area contributed by atoms with Crippen LogP contribution in [0.2, 0.25) is 0 Å². The van der Waals surface area contributed by atoms with Crippen LogP contribution in [-0.2, 0) is 24.2 Å². The largest absolute Gasteiger partial charge is 0.493 e. The topological polar surface area (TPSA) is 106 Å². The summed E-state index contributed by atoms with van der Waals surface area (Å²) in [5, 5.41) is 23.7. The molecule has 0 radical (unpaired) electrons. The normalized spacial score (nSPS) is 15.3. The molecule has 3 aromatic heterocycles. The predicted molar refractivity (Wildman–Crippen MR) is 151 cm³/mol. The van der Waals surface area contributed by atoms with Gasteiger partial charge in [0.15, 0.2) is 22.2 Å². The molecule has 8 nitrogen and oxygen atoms in total. The molecule has 5 rings (SSSR count). The van der Waals surface area contributed by atoms with Crippen LogP contribution in [0.3, 0.4) is 0 Å². The fourth-order valence-electron chi connectivity index (χ4n) is 4.99. The quantitative estimate of drug-likeness (QED) is 0.261. The lowest BCUT2D eigenvalue weighted by Crippen LogP contribution is -2.26. The van der Waals surface area contributed by atoms with Crippen LogP contribution in [0.4, 0.5) is 5.00 Å². The molecule has 1 atom stereocenters. The molecule has 1 aliphatic carbocycles. The summed E-state index contributed by atoms with van der Waals surface area (Å²) in [6.45, 7) is 9.43. The van der Waals surface area contributed by atoms with Gasteiger partial charge in [-0.1, -0.05) is 44.7 Å². The molecule has 1 aliphatic rings. The highest BCUT2D eigenvalue weighted by Gasteiger charge is 2.32. The van der Waals surface area contributed by atoms with Crippen LogP contribution in [0, 0.1) is 22.7 Å². The Kier molecular flexibility index (Phi) is 7.25. The second-order valence-corrected chi connectivity index (χ2v) is 12.5. The molecule has 0 aliphatic heterocycles. The summed E-state index contributed by atoms with van der Waals surface area (Å²) in [6.07, 6.45) is 2.91. The Morgan fingerprint density at radius 3 is 2.89 bits per heavy atom. The number of thioether (sulfide) groups is 1. The lowest BCUT2D eigenvalue weighted by Gasteiger charge is -2.33. The van der Waals surface area contributed by atoms with Gasteiger partial charge in [-0.15, -0.1) is 21.5 Å². The molecule has 38 heavy (non-hydrogen) atoms. The van der Waals surface area contributed by atoms with E-state index in [0.29, 0.717) is 51.1 Å². The predicted octanol–water partition coefficient (Wildman–Crippen LogP) is 6.53. The van der Waals surface area contributed by atoms with Crippen molar-refractivity contribution in [2.75, 3.05) is 18.2 Å². The summed E-state index contributed by atoms with van der Waals surface area (Å²) in [6, 6.07) is 9.98. The zero-order valence-corrected chi connectivity index (χ0v) is 23.9. The van der Waals surface area contributed by atoms with Crippen LogP contribution in [0.5, 0.6) is 5.75 Å². The van der Waals surface area contributed by atoms with Crippen molar-refractivity contribution in [1.82, 2.24) is 14.8 Å². The summed E-state index contributed by atoms with van der Waals surface area (Å²) < 4.78 is 13.4. The number of hydrogen-bond donors (Lipinski definition) is 1. The van der Waals surface area contributed by atoms with Gasteiger partial charge in [0.25, 0.3) is 0 Å². The number of rotatable bonds is 7. The van der Waals surface area contributed by atoms with Gasteiger partial charge < -0.3 is 14.5 Å². The summed E-state index contributed by atoms with van der Waals surface area (Å²) in [4.78, 5) is 14.2. The summed E-state index contributed by atoms with van der Waals surface area (Å²) in [5.74, 6) is 2.40. The number of para-hydroxylation sites is 1. The van der Waals surface area contributed by atoms with Crippen molar-refractivity contribution < 1.29 is 13.9 Å². The first kappa shape index (κ1) is 26.3. The van der Waals surface area contributed by atoms with Crippen molar-refractivity contribution in [1.29, 1.82) is 5.26 Å². The molecule has 0 bridgehead atoms. The maximum Gasteiger partial charge on any atom is 0.235 e.